The van der Waals surface area contributed by atoms with Crippen molar-refractivity contribution in [2.45, 2.75) is 45.3 Å². The number of rotatable bonds is 6. The summed E-state index contributed by atoms with van der Waals surface area (Å²) in [5, 5.41) is 21.7. The zero-order valence-electron chi connectivity index (χ0n) is 16.3. The predicted octanol–water partition coefficient (Wildman–Crippen LogP) is 2.88. The van der Waals surface area contributed by atoms with E-state index in [-0.39, 0.29) is 30.7 Å². The molecule has 0 aromatic heterocycles. The van der Waals surface area contributed by atoms with Gasteiger partial charge in [-0.1, -0.05) is 17.4 Å². The lowest BCUT2D eigenvalue weighted by Gasteiger charge is -2.40. The number of carbonyl (C=O) groups is 2. The summed E-state index contributed by atoms with van der Waals surface area (Å²) >= 11 is 0. The van der Waals surface area contributed by atoms with E-state index in [1.165, 1.54) is 38.2 Å². The molecule has 0 unspecified atom stereocenters. The standard InChI is InChI=1S/C20H18N2O8/c1-19(2)29-17(23)20(18(24)30-19,11-13-3-7-15(8-4-13)21(25)26)12-14-5-9-16(10-6-14)22(27)28/h3,5,7,9H,4,8,11-12H2,1-2H3. The molecule has 0 amide bonds. The summed E-state index contributed by atoms with van der Waals surface area (Å²) in [7, 11) is 0. The van der Waals surface area contributed by atoms with Crippen LogP contribution in [0.25, 0.3) is 0 Å². The normalized spacial score (nSPS) is 21.5. The van der Waals surface area contributed by atoms with Gasteiger partial charge >= 0.3 is 17.6 Å². The molecule has 1 saturated heterocycles. The summed E-state index contributed by atoms with van der Waals surface area (Å²) in [5.74, 6) is -3.01. The Bertz CT molecular complexity index is 1030. The Morgan fingerprint density at radius 1 is 0.967 bits per heavy atom. The minimum absolute atomic E-state index is 0.0426. The molecule has 3 rings (SSSR count). The molecule has 1 heterocycles. The number of cyclic esters (lactones) is 2. The second-order valence-electron chi connectivity index (χ2n) is 7.61. The molecule has 30 heavy (non-hydrogen) atoms. The van der Waals surface area contributed by atoms with Gasteiger partial charge in [0.2, 0.25) is 5.70 Å². The van der Waals surface area contributed by atoms with Gasteiger partial charge in [-0.05, 0) is 18.9 Å². The van der Waals surface area contributed by atoms with Crippen molar-refractivity contribution in [2.75, 3.05) is 0 Å². The van der Waals surface area contributed by atoms with E-state index in [2.05, 4.69) is 11.5 Å². The molecule has 0 saturated carbocycles. The first-order valence-corrected chi connectivity index (χ1v) is 9.09. The third-order valence-electron chi connectivity index (χ3n) is 4.92. The molecular formula is C20H18N2O8. The molecule has 0 aromatic rings. The molecule has 156 valence electrons. The number of hydrogen-bond donors (Lipinski definition) is 0. The monoisotopic (exact) mass is 414 g/mol. The van der Waals surface area contributed by atoms with Gasteiger partial charge in [0.05, 0.1) is 9.85 Å². The summed E-state index contributed by atoms with van der Waals surface area (Å²) in [6.45, 7) is 2.87. The minimum Gasteiger partial charge on any atom is -0.422 e. The number of esters is 2. The van der Waals surface area contributed by atoms with Gasteiger partial charge in [0.25, 0.3) is 5.79 Å². The first-order valence-electron chi connectivity index (χ1n) is 9.09. The lowest BCUT2D eigenvalue weighted by molar-refractivity contribution is -0.428. The Hall–Kier alpha value is -3.74. The molecule has 2 aliphatic carbocycles. The van der Waals surface area contributed by atoms with E-state index in [4.69, 9.17) is 9.47 Å². The van der Waals surface area contributed by atoms with Crippen LogP contribution in [0.15, 0.2) is 58.3 Å². The summed E-state index contributed by atoms with van der Waals surface area (Å²) in [6.07, 6.45) is 5.70. The lowest BCUT2D eigenvalue weighted by atomic mass is 9.74. The fourth-order valence-electron chi connectivity index (χ4n) is 3.40. The molecular weight excluding hydrogens is 396 g/mol. The average Bonchev–Trinajstić information content (AvgIpc) is 2.66. The summed E-state index contributed by atoms with van der Waals surface area (Å²) < 4.78 is 10.7. The van der Waals surface area contributed by atoms with Crippen molar-refractivity contribution in [1.29, 1.82) is 0 Å². The Balaban J connectivity index is 1.99. The van der Waals surface area contributed by atoms with Crippen LogP contribution in [0.4, 0.5) is 0 Å². The summed E-state index contributed by atoms with van der Waals surface area (Å²) in [5.41, 5.74) is 4.00. The quantitative estimate of drug-likeness (QED) is 0.212. The maximum atomic E-state index is 13.0. The third kappa shape index (κ3) is 4.15. The minimum atomic E-state index is -1.73. The number of nitrogens with zero attached hydrogens (tertiary/aromatic N) is 2. The van der Waals surface area contributed by atoms with E-state index in [9.17, 15) is 29.8 Å². The zero-order valence-corrected chi connectivity index (χ0v) is 16.3. The number of allylic oxidation sites excluding steroid dienone is 7. The van der Waals surface area contributed by atoms with Crippen molar-refractivity contribution in [3.05, 3.63) is 78.5 Å². The molecule has 0 aromatic carbocycles. The third-order valence-corrected chi connectivity index (χ3v) is 4.92. The SMILES string of the molecule is CC1(C)OC(=O)C(CC2=C=C=C([N+](=O)[O-])C=C2)(CC2=CC=C([N+](=O)[O-])CC2)C(=O)O1. The number of nitro groups is 2. The Labute approximate surface area is 170 Å². The van der Waals surface area contributed by atoms with Gasteiger partial charge < -0.3 is 9.47 Å². The van der Waals surface area contributed by atoms with Gasteiger partial charge in [0.15, 0.2) is 5.41 Å². The van der Waals surface area contributed by atoms with Crippen LogP contribution in [0.2, 0.25) is 0 Å². The van der Waals surface area contributed by atoms with Crippen LogP contribution in [-0.2, 0) is 19.1 Å². The van der Waals surface area contributed by atoms with Crippen molar-refractivity contribution in [1.82, 2.24) is 0 Å². The van der Waals surface area contributed by atoms with E-state index in [0.717, 1.165) is 0 Å². The topological polar surface area (TPSA) is 139 Å². The van der Waals surface area contributed by atoms with Crippen LogP contribution in [0.1, 0.15) is 39.5 Å². The smallest absolute Gasteiger partial charge is 0.327 e. The van der Waals surface area contributed by atoms with E-state index in [0.29, 0.717) is 17.6 Å². The maximum Gasteiger partial charge on any atom is 0.327 e. The Kier molecular flexibility index (Phi) is 5.31. The van der Waals surface area contributed by atoms with E-state index < -0.39 is 33.0 Å². The Morgan fingerprint density at radius 3 is 2.10 bits per heavy atom. The van der Waals surface area contributed by atoms with Crippen molar-refractivity contribution < 1.29 is 28.9 Å². The molecule has 0 radical (unpaired) electrons. The molecule has 1 fully saturated rings. The van der Waals surface area contributed by atoms with E-state index in [1.54, 1.807) is 0 Å². The molecule has 0 atom stereocenters. The highest BCUT2D eigenvalue weighted by molar-refractivity contribution is 6.02. The maximum absolute atomic E-state index is 13.0. The van der Waals surface area contributed by atoms with Crippen molar-refractivity contribution in [2.24, 2.45) is 5.41 Å². The average molecular weight is 414 g/mol. The van der Waals surface area contributed by atoms with Gasteiger partial charge in [-0.3, -0.25) is 29.8 Å². The van der Waals surface area contributed by atoms with Crippen LogP contribution < -0.4 is 0 Å². The molecule has 10 heteroatoms. The van der Waals surface area contributed by atoms with Crippen LogP contribution in [0.5, 0.6) is 0 Å². The molecule has 10 nitrogen and oxygen atoms in total. The highest BCUT2D eigenvalue weighted by atomic mass is 16.7. The number of hydrogen-bond acceptors (Lipinski definition) is 8. The molecule has 3 aliphatic rings. The second-order valence-corrected chi connectivity index (χ2v) is 7.61. The molecule has 1 aliphatic heterocycles. The van der Waals surface area contributed by atoms with Crippen LogP contribution in [0.3, 0.4) is 0 Å². The largest absolute Gasteiger partial charge is 0.422 e. The number of carbonyl (C=O) groups excluding carboxylic acids is 2. The van der Waals surface area contributed by atoms with Crippen LogP contribution in [0, 0.1) is 25.6 Å². The molecule has 0 N–H and O–H groups in total. The van der Waals surface area contributed by atoms with E-state index in [1.807, 2.05) is 0 Å². The second kappa shape index (κ2) is 7.59. The summed E-state index contributed by atoms with van der Waals surface area (Å²) in [6, 6.07) is 0. The first-order chi connectivity index (χ1) is 14.0. The molecule has 0 bridgehead atoms. The van der Waals surface area contributed by atoms with Crippen LogP contribution in [-0.4, -0.2) is 27.6 Å². The van der Waals surface area contributed by atoms with Crippen LogP contribution >= 0.6 is 0 Å². The van der Waals surface area contributed by atoms with Crippen molar-refractivity contribution >= 4 is 11.9 Å². The highest BCUT2D eigenvalue weighted by Crippen LogP contribution is 2.43. The van der Waals surface area contributed by atoms with Crippen molar-refractivity contribution in [3.8, 4) is 0 Å². The fraction of sp³-hybridized carbons (Fsp3) is 0.400. The van der Waals surface area contributed by atoms with Gasteiger partial charge in [0, 0.05) is 50.1 Å². The Morgan fingerprint density at radius 2 is 1.63 bits per heavy atom. The van der Waals surface area contributed by atoms with Gasteiger partial charge in [-0.15, -0.1) is 0 Å². The predicted molar refractivity (Wildman–Crippen MR) is 101 cm³/mol. The number of ether oxygens (including phenoxy) is 2. The first kappa shape index (κ1) is 21.0. The fourth-order valence-corrected chi connectivity index (χ4v) is 3.40. The van der Waals surface area contributed by atoms with E-state index >= 15 is 0 Å². The highest BCUT2D eigenvalue weighted by Gasteiger charge is 2.56. The zero-order chi connectivity index (χ0) is 22.1. The van der Waals surface area contributed by atoms with Gasteiger partial charge in [-0.2, -0.15) is 0 Å². The summed E-state index contributed by atoms with van der Waals surface area (Å²) in [4.78, 5) is 46.6. The van der Waals surface area contributed by atoms with Gasteiger partial charge in [-0.25, -0.2) is 0 Å². The molecule has 0 spiro atoms. The lowest BCUT2D eigenvalue weighted by Crippen LogP contribution is -2.54. The van der Waals surface area contributed by atoms with Gasteiger partial charge in [0.1, 0.15) is 0 Å². The van der Waals surface area contributed by atoms with Crippen molar-refractivity contribution in [3.63, 3.8) is 0 Å².